The molecule has 0 aromatic heterocycles. The Kier molecular flexibility index (Phi) is 5.54. The van der Waals surface area contributed by atoms with Gasteiger partial charge in [0, 0.05) is 11.3 Å². The number of ether oxygens (including phenoxy) is 1. The minimum absolute atomic E-state index is 0.00416. The van der Waals surface area contributed by atoms with Crippen LogP contribution >= 0.6 is 11.8 Å². The molecule has 2 saturated heterocycles. The summed E-state index contributed by atoms with van der Waals surface area (Å²) >= 11 is 1.14. The molecule has 2 atom stereocenters. The van der Waals surface area contributed by atoms with Crippen LogP contribution in [0.2, 0.25) is 0 Å². The zero-order valence-corrected chi connectivity index (χ0v) is 17.6. The van der Waals surface area contributed by atoms with E-state index in [4.69, 9.17) is 4.74 Å². The van der Waals surface area contributed by atoms with Gasteiger partial charge >= 0.3 is 0 Å². The summed E-state index contributed by atoms with van der Waals surface area (Å²) in [7, 11) is -1.74. The van der Waals surface area contributed by atoms with Crippen LogP contribution < -0.4 is 9.64 Å². The minimum Gasteiger partial charge on any atom is -0.497 e. The molecule has 2 aromatic carbocycles. The van der Waals surface area contributed by atoms with Gasteiger partial charge in [0.2, 0.25) is 0 Å². The third-order valence-electron chi connectivity index (χ3n) is 4.97. The number of methoxy groups -OCH3 is 1. The topological polar surface area (TPSA) is 76.0 Å². The number of anilines is 1. The van der Waals surface area contributed by atoms with Gasteiger partial charge in [-0.3, -0.25) is 4.79 Å². The number of hydrogen-bond acceptors (Lipinski definition) is 5. The molecular formula is C20H18F2N2O4S2. The molecule has 2 aliphatic rings. The number of carbonyl (C=O) groups is 1. The van der Waals surface area contributed by atoms with Crippen molar-refractivity contribution in [3.05, 3.63) is 59.7 Å². The van der Waals surface area contributed by atoms with E-state index in [1.807, 2.05) is 0 Å². The van der Waals surface area contributed by atoms with Gasteiger partial charge < -0.3 is 9.64 Å². The van der Waals surface area contributed by atoms with E-state index >= 15 is 0 Å². The van der Waals surface area contributed by atoms with Crippen molar-refractivity contribution in [2.45, 2.75) is 17.7 Å². The molecule has 0 bridgehead atoms. The summed E-state index contributed by atoms with van der Waals surface area (Å²) in [6, 6.07) is 9.46. The summed E-state index contributed by atoms with van der Waals surface area (Å²) in [5, 5.41) is -0.143. The summed E-state index contributed by atoms with van der Waals surface area (Å²) in [4.78, 5) is 18.1. The maximum atomic E-state index is 14.5. The third-order valence-corrected chi connectivity index (χ3v) is 8.18. The Morgan fingerprint density at radius 1 is 1.20 bits per heavy atom. The van der Waals surface area contributed by atoms with Crippen LogP contribution in [-0.2, 0) is 21.1 Å². The van der Waals surface area contributed by atoms with Gasteiger partial charge in [-0.2, -0.15) is 4.99 Å². The molecule has 0 spiro atoms. The van der Waals surface area contributed by atoms with Crippen molar-refractivity contribution < 1.29 is 26.7 Å². The fraction of sp³-hybridized carbons (Fsp3) is 0.300. The maximum absolute atomic E-state index is 14.5. The van der Waals surface area contributed by atoms with Crippen molar-refractivity contribution in [3.8, 4) is 5.75 Å². The predicted molar refractivity (Wildman–Crippen MR) is 112 cm³/mol. The summed E-state index contributed by atoms with van der Waals surface area (Å²) in [6.45, 7) is 0. The van der Waals surface area contributed by atoms with Crippen molar-refractivity contribution in [1.82, 2.24) is 0 Å². The van der Waals surface area contributed by atoms with E-state index in [-0.39, 0.29) is 34.0 Å². The van der Waals surface area contributed by atoms with Gasteiger partial charge in [0.1, 0.15) is 17.4 Å². The van der Waals surface area contributed by atoms with Gasteiger partial charge in [-0.15, -0.1) is 0 Å². The van der Waals surface area contributed by atoms with Crippen molar-refractivity contribution in [1.29, 1.82) is 0 Å². The van der Waals surface area contributed by atoms with Crippen LogP contribution in [0.5, 0.6) is 5.75 Å². The Morgan fingerprint density at radius 3 is 2.60 bits per heavy atom. The van der Waals surface area contributed by atoms with Crippen molar-refractivity contribution >= 4 is 38.4 Å². The first kappa shape index (κ1) is 20.8. The smallest absolute Gasteiger partial charge is 0.252 e. The van der Waals surface area contributed by atoms with Gasteiger partial charge in [-0.25, -0.2) is 17.2 Å². The number of amidine groups is 1. The highest BCUT2D eigenvalue weighted by atomic mass is 32.2. The number of aliphatic imine (C=N–C) groups is 1. The van der Waals surface area contributed by atoms with E-state index in [1.165, 1.54) is 11.0 Å². The molecule has 2 heterocycles. The lowest BCUT2D eigenvalue weighted by atomic mass is 10.1. The fourth-order valence-electron chi connectivity index (χ4n) is 3.59. The first-order valence-corrected chi connectivity index (χ1v) is 11.8. The van der Waals surface area contributed by atoms with E-state index in [2.05, 4.69) is 4.99 Å². The Morgan fingerprint density at radius 2 is 1.93 bits per heavy atom. The van der Waals surface area contributed by atoms with Crippen LogP contribution in [0.4, 0.5) is 14.5 Å². The van der Waals surface area contributed by atoms with Crippen LogP contribution in [0.25, 0.3) is 0 Å². The van der Waals surface area contributed by atoms with Crippen LogP contribution in [-0.4, -0.2) is 49.4 Å². The highest BCUT2D eigenvalue weighted by Crippen LogP contribution is 2.41. The second-order valence-electron chi connectivity index (χ2n) is 7.08. The minimum atomic E-state index is -3.29. The number of benzene rings is 2. The summed E-state index contributed by atoms with van der Waals surface area (Å²) < 4.78 is 57.1. The zero-order valence-electron chi connectivity index (χ0n) is 15.9. The van der Waals surface area contributed by atoms with Gasteiger partial charge in [0.15, 0.2) is 15.0 Å². The molecule has 2 fully saturated rings. The molecule has 10 heteroatoms. The lowest BCUT2D eigenvalue weighted by molar-refractivity contribution is -0.117. The molecule has 4 rings (SSSR count). The van der Waals surface area contributed by atoms with Crippen LogP contribution in [0.3, 0.4) is 0 Å². The predicted octanol–water partition coefficient (Wildman–Crippen LogP) is 2.82. The molecule has 0 saturated carbocycles. The number of nitrogens with zero attached hydrogens (tertiary/aromatic N) is 2. The zero-order chi connectivity index (χ0) is 21.5. The Balaban J connectivity index is 1.63. The first-order chi connectivity index (χ1) is 14.3. The van der Waals surface area contributed by atoms with Crippen molar-refractivity contribution in [3.63, 3.8) is 0 Å². The number of sulfone groups is 1. The van der Waals surface area contributed by atoms with Crippen LogP contribution in [0.15, 0.2) is 47.5 Å². The number of rotatable bonds is 4. The summed E-state index contributed by atoms with van der Waals surface area (Å²) in [5.41, 5.74) is 0.736. The normalized spacial score (nSPS) is 23.6. The number of hydrogen-bond donors (Lipinski definition) is 0. The molecule has 30 heavy (non-hydrogen) atoms. The summed E-state index contributed by atoms with van der Waals surface area (Å²) in [5.74, 6) is -1.61. The molecule has 0 unspecified atom stereocenters. The molecule has 2 aromatic rings. The molecule has 1 amide bonds. The second-order valence-corrected chi connectivity index (χ2v) is 10.4. The van der Waals surface area contributed by atoms with Crippen molar-refractivity contribution in [2.24, 2.45) is 4.99 Å². The van der Waals surface area contributed by atoms with Gasteiger partial charge in [0.25, 0.3) is 5.91 Å². The van der Waals surface area contributed by atoms with Crippen molar-refractivity contribution in [2.75, 3.05) is 23.5 Å². The fourth-order valence-corrected chi connectivity index (χ4v) is 7.51. The molecule has 158 valence electrons. The Bertz CT molecular complexity index is 1120. The highest BCUT2D eigenvalue weighted by molar-refractivity contribution is 8.16. The molecular weight excluding hydrogens is 434 g/mol. The maximum Gasteiger partial charge on any atom is 0.252 e. The third kappa shape index (κ3) is 4.20. The second kappa shape index (κ2) is 7.99. The average molecular weight is 453 g/mol. The number of carbonyl (C=O) groups excluding carboxylic acids is 1. The highest BCUT2D eigenvalue weighted by Gasteiger charge is 2.50. The number of amides is 1. The number of fused-ring (bicyclic) bond motifs is 1. The van der Waals surface area contributed by atoms with Gasteiger partial charge in [-0.1, -0.05) is 23.9 Å². The van der Waals surface area contributed by atoms with E-state index in [0.29, 0.717) is 5.75 Å². The lowest BCUT2D eigenvalue weighted by Gasteiger charge is -2.24. The Hall–Kier alpha value is -2.46. The van der Waals surface area contributed by atoms with E-state index in [0.717, 1.165) is 29.5 Å². The van der Waals surface area contributed by atoms with E-state index in [1.54, 1.807) is 31.4 Å². The largest absolute Gasteiger partial charge is 0.497 e. The Labute approximate surface area is 176 Å². The van der Waals surface area contributed by atoms with E-state index in [9.17, 15) is 22.0 Å². The quantitative estimate of drug-likeness (QED) is 0.710. The molecule has 6 nitrogen and oxygen atoms in total. The number of halogens is 2. The average Bonchev–Trinajstić information content (AvgIpc) is 3.13. The standard InChI is InChI=1S/C20H18F2N2O4S2/c1-28-14-5-2-12(3-6-14)8-19(25)23-20-24(16-7-4-13(21)9-15(16)22)17-10-30(26,27)11-18(17)29-20/h2-7,9,17-18H,8,10-11H2,1H3/t17-,18+/m1/s1. The van der Waals surface area contributed by atoms with Gasteiger partial charge in [0.05, 0.1) is 36.8 Å². The molecule has 0 aliphatic carbocycles. The molecule has 0 radical (unpaired) electrons. The number of thioether (sulfide) groups is 1. The SMILES string of the molecule is COc1ccc(CC(=O)N=C2S[C@H]3CS(=O)(=O)C[C@H]3N2c2ccc(F)cc2F)cc1. The van der Waals surface area contributed by atoms with Gasteiger partial charge in [-0.05, 0) is 29.8 Å². The van der Waals surface area contributed by atoms with E-state index < -0.39 is 33.4 Å². The first-order valence-electron chi connectivity index (χ1n) is 9.11. The lowest BCUT2D eigenvalue weighted by Crippen LogP contribution is -2.38. The van der Waals surface area contributed by atoms with Crippen LogP contribution in [0.1, 0.15) is 5.56 Å². The summed E-state index contributed by atoms with van der Waals surface area (Å²) in [6.07, 6.45) is 0.0292. The van der Waals surface area contributed by atoms with Crippen LogP contribution in [0, 0.1) is 11.6 Å². The monoisotopic (exact) mass is 452 g/mol. The molecule has 0 N–H and O–H groups in total. The molecule has 2 aliphatic heterocycles.